The fourth-order valence-electron chi connectivity index (χ4n) is 4.89. The monoisotopic (exact) mass is 503 g/mol. The van der Waals surface area contributed by atoms with Crippen LogP contribution in [-0.2, 0) is 28.4 Å². The lowest BCUT2D eigenvalue weighted by Crippen LogP contribution is -2.38. The van der Waals surface area contributed by atoms with E-state index in [2.05, 4.69) is 4.98 Å². The Morgan fingerprint density at radius 1 is 0.833 bits per heavy atom. The molecular weight excluding hydrogens is 466 g/mol. The second-order valence-corrected chi connectivity index (χ2v) is 10.1. The molecule has 1 heterocycles. The minimum atomic E-state index is -0.573. The van der Waals surface area contributed by atoms with Gasteiger partial charge in [-0.3, -0.25) is 4.98 Å². The first kappa shape index (κ1) is 28.0. The average molecular weight is 504 g/mol. The van der Waals surface area contributed by atoms with Gasteiger partial charge in [-0.1, -0.05) is 11.1 Å². The Morgan fingerprint density at radius 3 is 1.64 bits per heavy atom. The van der Waals surface area contributed by atoms with Crippen molar-refractivity contribution in [3.05, 3.63) is 52.9 Å². The number of rotatable bonds is 10. The van der Waals surface area contributed by atoms with E-state index in [9.17, 15) is 9.59 Å². The van der Waals surface area contributed by atoms with Crippen LogP contribution in [0.1, 0.15) is 74.1 Å². The van der Waals surface area contributed by atoms with Crippen LogP contribution in [-0.4, -0.2) is 68.1 Å². The van der Waals surface area contributed by atoms with Crippen LogP contribution >= 0.6 is 0 Å². The van der Waals surface area contributed by atoms with E-state index in [-0.39, 0.29) is 24.7 Å². The molecule has 2 aliphatic rings. The topological polar surface area (TPSA) is 102 Å². The van der Waals surface area contributed by atoms with E-state index in [1.165, 1.54) is 18.5 Å². The van der Waals surface area contributed by atoms with Crippen molar-refractivity contribution >= 4 is 11.9 Å². The summed E-state index contributed by atoms with van der Waals surface area (Å²) in [5.41, 5.74) is 1.46. The molecule has 0 saturated carbocycles. The van der Waals surface area contributed by atoms with Gasteiger partial charge in [0.15, 0.2) is 0 Å². The average Bonchev–Trinajstić information content (AvgIpc) is 2.80. The van der Waals surface area contributed by atoms with Gasteiger partial charge in [-0.05, 0) is 58.8 Å². The third-order valence-corrected chi connectivity index (χ3v) is 6.29. The first-order valence-electron chi connectivity index (χ1n) is 12.0. The van der Waals surface area contributed by atoms with Gasteiger partial charge in [-0.15, -0.1) is 0 Å². The Balaban J connectivity index is 1.65. The van der Waals surface area contributed by atoms with Crippen LogP contribution in [0, 0.1) is 0 Å². The molecule has 4 unspecified atom stereocenters. The summed E-state index contributed by atoms with van der Waals surface area (Å²) >= 11 is 0. The zero-order chi connectivity index (χ0) is 26.3. The lowest BCUT2D eigenvalue weighted by Gasteiger charge is -2.36. The van der Waals surface area contributed by atoms with Crippen LogP contribution in [0.5, 0.6) is 0 Å². The number of aromatic nitrogens is 1. The van der Waals surface area contributed by atoms with Crippen molar-refractivity contribution in [1.82, 2.24) is 4.98 Å². The quantitative estimate of drug-likeness (QED) is 0.262. The molecule has 0 bridgehead atoms. The molecule has 9 heteroatoms. The van der Waals surface area contributed by atoms with Crippen molar-refractivity contribution in [3.63, 3.8) is 0 Å². The maximum absolute atomic E-state index is 12.9. The minimum Gasteiger partial charge on any atom is -0.454 e. The fraction of sp³-hybridized carbons (Fsp3) is 0.593. The number of carbonyl (C=O) groups is 2. The highest BCUT2D eigenvalue weighted by Crippen LogP contribution is 2.34. The number of methoxy groups -OCH3 is 2. The van der Waals surface area contributed by atoms with Gasteiger partial charge in [-0.25, -0.2) is 9.59 Å². The molecule has 0 saturated heterocycles. The van der Waals surface area contributed by atoms with Gasteiger partial charge < -0.3 is 28.4 Å². The Kier molecular flexibility index (Phi) is 9.41. The summed E-state index contributed by atoms with van der Waals surface area (Å²) < 4.78 is 33.2. The Hall–Kier alpha value is -2.59. The third kappa shape index (κ3) is 7.70. The van der Waals surface area contributed by atoms with Gasteiger partial charge in [-0.2, -0.15) is 0 Å². The summed E-state index contributed by atoms with van der Waals surface area (Å²) in [6, 6.07) is 1.44. The first-order chi connectivity index (χ1) is 17.0. The van der Waals surface area contributed by atoms with Crippen LogP contribution in [0.3, 0.4) is 0 Å². The predicted molar refractivity (Wildman–Crippen MR) is 131 cm³/mol. The number of hydrogen-bond donors (Lipinski definition) is 0. The molecule has 4 atom stereocenters. The largest absolute Gasteiger partial charge is 0.454 e. The smallest absolute Gasteiger partial charge is 0.340 e. The van der Waals surface area contributed by atoms with Gasteiger partial charge in [0, 0.05) is 39.5 Å². The van der Waals surface area contributed by atoms with E-state index in [0.717, 1.165) is 24.0 Å². The van der Waals surface area contributed by atoms with Crippen molar-refractivity contribution in [2.45, 2.75) is 76.8 Å². The SMILES string of the molecule is COCOC1(C)CC(C)=CC(OC(=O)c2cncc(C(=O)OC3C=C(C)CC(C)(OCOC)C3)c2)C1. The molecule has 0 aliphatic heterocycles. The van der Waals surface area contributed by atoms with E-state index in [1.807, 2.05) is 39.8 Å². The summed E-state index contributed by atoms with van der Waals surface area (Å²) in [6.07, 6.45) is 8.07. The minimum absolute atomic E-state index is 0.159. The summed E-state index contributed by atoms with van der Waals surface area (Å²) in [5.74, 6) is -1.15. The highest BCUT2D eigenvalue weighted by Gasteiger charge is 2.36. The molecule has 0 amide bonds. The molecular formula is C27H37NO8. The number of ether oxygens (including phenoxy) is 6. The number of nitrogens with zero attached hydrogens (tertiary/aromatic N) is 1. The van der Waals surface area contributed by atoms with Gasteiger partial charge in [0.1, 0.15) is 25.8 Å². The van der Waals surface area contributed by atoms with Crippen molar-refractivity contribution in [2.24, 2.45) is 0 Å². The normalized spacial score (nSPS) is 28.2. The molecule has 1 aromatic rings. The molecule has 1 aromatic heterocycles. The molecule has 9 nitrogen and oxygen atoms in total. The standard InChI is InChI=1S/C27H37NO8/c1-18-7-22(12-26(3,10-18)33-16-31-5)35-24(29)20-9-21(15-28-14-20)25(30)36-23-8-19(2)11-27(4,13-23)34-17-32-6/h7-9,14-15,22-23H,10-13,16-17H2,1-6H3. The van der Waals surface area contributed by atoms with E-state index < -0.39 is 35.3 Å². The van der Waals surface area contributed by atoms with Crippen LogP contribution in [0.15, 0.2) is 41.8 Å². The van der Waals surface area contributed by atoms with E-state index >= 15 is 0 Å². The summed E-state index contributed by atoms with van der Waals surface area (Å²) in [7, 11) is 3.13. The molecule has 36 heavy (non-hydrogen) atoms. The summed E-state index contributed by atoms with van der Waals surface area (Å²) in [5, 5.41) is 0. The van der Waals surface area contributed by atoms with Crippen molar-refractivity contribution in [3.8, 4) is 0 Å². The zero-order valence-electron chi connectivity index (χ0n) is 22.0. The molecule has 198 valence electrons. The van der Waals surface area contributed by atoms with Gasteiger partial charge >= 0.3 is 11.9 Å². The molecule has 0 spiro atoms. The maximum Gasteiger partial charge on any atom is 0.340 e. The number of carbonyl (C=O) groups excluding carboxylic acids is 2. The van der Waals surface area contributed by atoms with Crippen molar-refractivity contribution in [2.75, 3.05) is 27.8 Å². The number of esters is 2. The molecule has 0 N–H and O–H groups in total. The predicted octanol–water partition coefficient (Wildman–Crippen LogP) is 4.37. The fourth-order valence-corrected chi connectivity index (χ4v) is 4.89. The van der Waals surface area contributed by atoms with E-state index in [0.29, 0.717) is 12.8 Å². The Labute approximate surface area is 212 Å². The maximum atomic E-state index is 12.9. The van der Waals surface area contributed by atoms with Crippen LogP contribution in [0.2, 0.25) is 0 Å². The van der Waals surface area contributed by atoms with Gasteiger partial charge in [0.25, 0.3) is 0 Å². The number of pyridine rings is 1. The second kappa shape index (κ2) is 12.1. The van der Waals surface area contributed by atoms with Gasteiger partial charge in [0.2, 0.25) is 0 Å². The highest BCUT2D eigenvalue weighted by atomic mass is 16.7. The van der Waals surface area contributed by atoms with Crippen LogP contribution in [0.25, 0.3) is 0 Å². The van der Waals surface area contributed by atoms with E-state index in [1.54, 1.807) is 14.2 Å². The molecule has 0 fully saturated rings. The highest BCUT2D eigenvalue weighted by molar-refractivity contribution is 5.95. The second-order valence-electron chi connectivity index (χ2n) is 10.1. The molecule has 2 aliphatic carbocycles. The molecule has 0 radical (unpaired) electrons. The lowest BCUT2D eigenvalue weighted by molar-refractivity contribution is -0.137. The van der Waals surface area contributed by atoms with Crippen molar-refractivity contribution < 1.29 is 38.0 Å². The first-order valence-corrected chi connectivity index (χ1v) is 12.0. The third-order valence-electron chi connectivity index (χ3n) is 6.29. The van der Waals surface area contributed by atoms with Crippen LogP contribution in [0.4, 0.5) is 0 Å². The molecule has 0 aromatic carbocycles. The van der Waals surface area contributed by atoms with Gasteiger partial charge in [0.05, 0.1) is 22.3 Å². The number of hydrogen-bond acceptors (Lipinski definition) is 9. The summed E-state index contributed by atoms with van der Waals surface area (Å²) in [4.78, 5) is 29.8. The van der Waals surface area contributed by atoms with Crippen LogP contribution < -0.4 is 0 Å². The lowest BCUT2D eigenvalue weighted by atomic mass is 9.85. The summed E-state index contributed by atoms with van der Waals surface area (Å²) in [6.45, 7) is 8.19. The van der Waals surface area contributed by atoms with Crippen molar-refractivity contribution in [1.29, 1.82) is 0 Å². The van der Waals surface area contributed by atoms with E-state index in [4.69, 9.17) is 28.4 Å². The Bertz CT molecular complexity index is 930. The molecule has 3 rings (SSSR count). The Morgan fingerprint density at radius 2 is 1.25 bits per heavy atom. The zero-order valence-corrected chi connectivity index (χ0v) is 22.0.